The van der Waals surface area contributed by atoms with Gasteiger partial charge in [0.05, 0.1) is 0 Å². The molecule has 0 radical (unpaired) electrons. The van der Waals surface area contributed by atoms with Gasteiger partial charge in [-0.2, -0.15) is 0 Å². The molecular weight excluding hydrogens is 674 g/mol. The summed E-state index contributed by atoms with van der Waals surface area (Å²) < 4.78 is 0. The van der Waals surface area contributed by atoms with Crippen molar-refractivity contribution in [3.63, 3.8) is 0 Å². The van der Waals surface area contributed by atoms with Gasteiger partial charge in [-0.25, -0.2) is 0 Å². The number of carboxylic acids is 1. The molecule has 3 unspecified atom stereocenters. The van der Waals surface area contributed by atoms with Gasteiger partial charge in [-0.15, -0.1) is 0 Å². The van der Waals surface area contributed by atoms with Crippen LogP contribution in [0.15, 0.2) is 60.7 Å². The summed E-state index contributed by atoms with van der Waals surface area (Å²) in [5, 5.41) is 20.1. The highest BCUT2D eigenvalue weighted by atomic mass is 16.4. The van der Waals surface area contributed by atoms with Crippen molar-refractivity contribution >= 4 is 30.6 Å². The lowest BCUT2D eigenvalue weighted by Gasteiger charge is -2.37. The highest BCUT2D eigenvalue weighted by molar-refractivity contribution is 5.85. The molecule has 298 valence electrons. The van der Waals surface area contributed by atoms with E-state index in [1.807, 2.05) is 37.3 Å². The largest absolute Gasteiger partial charge is 0.480 e. The van der Waals surface area contributed by atoms with Crippen LogP contribution >= 0.6 is 0 Å². The van der Waals surface area contributed by atoms with Gasteiger partial charge in [-0.05, 0) is 75.1 Å². The van der Waals surface area contributed by atoms with Crippen molar-refractivity contribution < 1.29 is 29.1 Å². The topological polar surface area (TPSA) is 209 Å². The molecule has 1 fully saturated rings. The normalized spacial score (nSPS) is 14.5. The summed E-state index contributed by atoms with van der Waals surface area (Å²) >= 11 is 0. The van der Waals surface area contributed by atoms with E-state index in [0.717, 1.165) is 37.4 Å². The number of nitrogens with two attached hydrogens (primary N) is 2. The number of likely N-dealkylation sites (N-methyl/N-ethyl adjacent to an activating group) is 2. The van der Waals surface area contributed by atoms with Crippen molar-refractivity contribution in [2.75, 3.05) is 39.3 Å². The van der Waals surface area contributed by atoms with Gasteiger partial charge >= 0.3 is 5.97 Å². The molecule has 13 nitrogen and oxygen atoms in total. The number of likely N-dealkylation sites (tertiary alicyclic amines) is 1. The monoisotopic (exact) mass is 742 g/mol. The second kappa shape index (κ2) is 29.2. The van der Waals surface area contributed by atoms with Crippen LogP contribution in [0.2, 0.25) is 0 Å². The highest BCUT2D eigenvalue weighted by Gasteiger charge is 2.39. The zero-order valence-electron chi connectivity index (χ0n) is 32.8. The first-order valence-corrected chi connectivity index (χ1v) is 18.8. The molecule has 9 N–H and O–H groups in total. The third-order valence-corrected chi connectivity index (χ3v) is 8.20. The summed E-state index contributed by atoms with van der Waals surface area (Å²) in [7, 11) is 0. The van der Waals surface area contributed by atoms with Crippen LogP contribution in [0.5, 0.6) is 0 Å². The highest BCUT2D eigenvalue weighted by Crippen LogP contribution is 2.21. The fourth-order valence-corrected chi connectivity index (χ4v) is 5.13. The molecule has 1 aliphatic rings. The van der Waals surface area contributed by atoms with E-state index in [9.17, 15) is 24.0 Å². The number of rotatable bonds is 18. The standard InChI is InChI=1S/C13H24N4O4.C12H16N2O2.C11H17N.C4H10/c14-6-2-1-3-10(16-9-18)11(19)17-7-4-13(15,5-8-17)12(20)21;1-2-13-12(16)11(14-9-15)8-10-6-4-3-5-7-10;1-3-12-9-10(2)11-7-5-4-6-8-11;1-4(2)3/h9-10H,1-8,14-15H2,(H,16,18)(H,20,21);3-7,9,11H,2,8H2,1H3,(H,13,16)(H,14,15);4-8,10,12H,3,9H2,1-2H3;4H,1-3H3. The van der Waals surface area contributed by atoms with Gasteiger partial charge in [0.2, 0.25) is 24.6 Å². The Kier molecular flexibility index (Phi) is 26.8. The van der Waals surface area contributed by atoms with Crippen LogP contribution in [0.25, 0.3) is 0 Å². The number of piperidine rings is 1. The Bertz CT molecular complexity index is 1270. The summed E-state index contributed by atoms with van der Waals surface area (Å²) in [4.78, 5) is 57.6. The molecule has 0 aromatic heterocycles. The lowest BCUT2D eigenvalue weighted by Crippen LogP contribution is -2.58. The molecule has 0 saturated carbocycles. The fourth-order valence-electron chi connectivity index (χ4n) is 5.13. The molecule has 1 aliphatic heterocycles. The number of amides is 4. The van der Waals surface area contributed by atoms with Gasteiger partial charge in [0.1, 0.15) is 17.6 Å². The second-order valence-electron chi connectivity index (χ2n) is 13.7. The molecule has 53 heavy (non-hydrogen) atoms. The predicted octanol–water partition coefficient (Wildman–Crippen LogP) is 3.18. The number of carbonyl (C=O) groups excluding carboxylic acids is 4. The van der Waals surface area contributed by atoms with E-state index in [1.54, 1.807) is 4.90 Å². The molecule has 1 heterocycles. The van der Waals surface area contributed by atoms with Crippen LogP contribution in [-0.4, -0.2) is 97.5 Å². The average Bonchev–Trinajstić information content (AvgIpc) is 3.14. The van der Waals surface area contributed by atoms with Gasteiger partial charge in [-0.1, -0.05) is 95.3 Å². The van der Waals surface area contributed by atoms with Gasteiger partial charge < -0.3 is 42.7 Å². The summed E-state index contributed by atoms with van der Waals surface area (Å²) in [6, 6.07) is 19.1. The van der Waals surface area contributed by atoms with Crippen LogP contribution in [0, 0.1) is 5.92 Å². The first-order chi connectivity index (χ1) is 25.3. The number of nitrogens with zero attached hydrogens (tertiary/aromatic N) is 1. The molecule has 3 atom stereocenters. The number of carboxylic acid groups (broad SMARTS) is 1. The zero-order chi connectivity index (χ0) is 40.1. The van der Waals surface area contributed by atoms with E-state index in [2.05, 4.69) is 86.2 Å². The van der Waals surface area contributed by atoms with Crippen molar-refractivity contribution in [2.45, 2.75) is 104 Å². The molecule has 0 bridgehead atoms. The van der Waals surface area contributed by atoms with Crippen LogP contribution in [0.4, 0.5) is 0 Å². The number of aliphatic carboxylic acids is 1. The van der Waals surface area contributed by atoms with E-state index < -0.39 is 23.6 Å². The number of benzene rings is 2. The molecule has 13 heteroatoms. The van der Waals surface area contributed by atoms with Gasteiger partial charge in [0.15, 0.2) is 0 Å². The average molecular weight is 742 g/mol. The van der Waals surface area contributed by atoms with E-state index in [-0.39, 0.29) is 37.7 Å². The van der Waals surface area contributed by atoms with E-state index in [0.29, 0.717) is 44.7 Å². The number of hydrogen-bond donors (Lipinski definition) is 7. The molecule has 0 spiro atoms. The summed E-state index contributed by atoms with van der Waals surface area (Å²) in [6.07, 6.45) is 4.06. The van der Waals surface area contributed by atoms with Crippen LogP contribution in [0.3, 0.4) is 0 Å². The Morgan fingerprint density at radius 2 is 1.38 bits per heavy atom. The van der Waals surface area contributed by atoms with Crippen molar-refractivity contribution in [1.29, 1.82) is 0 Å². The first-order valence-electron chi connectivity index (χ1n) is 18.8. The SMILES string of the molecule is CC(C)C.CCNC(=O)C(Cc1ccccc1)NC=O.CCNCC(C)c1ccccc1.NCCCCC(NC=O)C(=O)N1CCC(N)(C(=O)O)CC1. The van der Waals surface area contributed by atoms with Crippen molar-refractivity contribution in [3.8, 4) is 0 Å². The van der Waals surface area contributed by atoms with Crippen LogP contribution in [-0.2, 0) is 30.4 Å². The third-order valence-electron chi connectivity index (χ3n) is 8.20. The Labute approximate surface area is 317 Å². The van der Waals surface area contributed by atoms with Gasteiger partial charge in [0, 0.05) is 32.6 Å². The van der Waals surface area contributed by atoms with Gasteiger partial charge in [-0.3, -0.25) is 24.0 Å². The maximum atomic E-state index is 12.3. The lowest BCUT2D eigenvalue weighted by molar-refractivity contribution is -0.148. The molecule has 0 aliphatic carbocycles. The number of nitrogens with one attached hydrogen (secondary N) is 4. The lowest BCUT2D eigenvalue weighted by atomic mass is 9.88. The zero-order valence-corrected chi connectivity index (χ0v) is 32.8. The van der Waals surface area contributed by atoms with E-state index >= 15 is 0 Å². The van der Waals surface area contributed by atoms with E-state index in [1.165, 1.54) is 5.56 Å². The maximum absolute atomic E-state index is 12.3. The molecule has 3 rings (SSSR count). The second-order valence-corrected chi connectivity index (χ2v) is 13.7. The minimum Gasteiger partial charge on any atom is -0.480 e. The maximum Gasteiger partial charge on any atom is 0.323 e. The summed E-state index contributed by atoms with van der Waals surface area (Å²) in [5.74, 6) is 0.0660. The molecule has 4 amide bonds. The molecule has 2 aromatic rings. The predicted molar refractivity (Wildman–Crippen MR) is 212 cm³/mol. The van der Waals surface area contributed by atoms with Crippen LogP contribution < -0.4 is 32.7 Å². The Balaban J connectivity index is 0.000000750. The van der Waals surface area contributed by atoms with Crippen molar-refractivity contribution in [3.05, 3.63) is 71.8 Å². The molecule has 1 saturated heterocycles. The number of hydrogen-bond acceptors (Lipinski definition) is 8. The minimum absolute atomic E-state index is 0.154. The fraction of sp³-hybridized carbons (Fsp3) is 0.575. The first kappa shape index (κ1) is 48.7. The van der Waals surface area contributed by atoms with Crippen molar-refractivity contribution in [1.82, 2.24) is 26.2 Å². The smallest absolute Gasteiger partial charge is 0.323 e. The number of carbonyl (C=O) groups is 5. The Morgan fingerprint density at radius 1 is 0.849 bits per heavy atom. The number of unbranched alkanes of at least 4 members (excludes halogenated alkanes) is 1. The molecular formula is C40H67N7O6. The molecule has 2 aromatic carbocycles. The van der Waals surface area contributed by atoms with E-state index in [4.69, 9.17) is 16.6 Å². The Hall–Kier alpha value is -4.33. The third kappa shape index (κ3) is 21.7. The quantitative estimate of drug-likeness (QED) is 0.0883. The summed E-state index contributed by atoms with van der Waals surface area (Å²) in [5.41, 5.74) is 12.4. The van der Waals surface area contributed by atoms with Crippen LogP contribution in [0.1, 0.15) is 90.7 Å². The summed E-state index contributed by atoms with van der Waals surface area (Å²) in [6.45, 7) is 16.5. The minimum atomic E-state index is -1.26. The Morgan fingerprint density at radius 3 is 1.85 bits per heavy atom. The van der Waals surface area contributed by atoms with Gasteiger partial charge in [0.25, 0.3) is 0 Å². The van der Waals surface area contributed by atoms with Crippen molar-refractivity contribution in [2.24, 2.45) is 17.4 Å².